The van der Waals surface area contributed by atoms with Crippen molar-refractivity contribution in [1.29, 1.82) is 0 Å². The maximum absolute atomic E-state index is 5.80. The van der Waals surface area contributed by atoms with Gasteiger partial charge in [0.2, 0.25) is 0 Å². The van der Waals surface area contributed by atoms with Crippen LogP contribution in [0.4, 0.5) is 0 Å². The summed E-state index contributed by atoms with van der Waals surface area (Å²) in [6.45, 7) is 11.7. The summed E-state index contributed by atoms with van der Waals surface area (Å²) in [5, 5.41) is 11.2. The number of hydrogen-bond donors (Lipinski definition) is 2. The lowest BCUT2D eigenvalue weighted by atomic mass is 10.0. The zero-order valence-electron chi connectivity index (χ0n) is 18.1. The van der Waals surface area contributed by atoms with Crippen molar-refractivity contribution in [2.45, 2.75) is 46.6 Å². The van der Waals surface area contributed by atoms with E-state index in [2.05, 4.69) is 54.8 Å². The van der Waals surface area contributed by atoms with E-state index in [0.29, 0.717) is 5.92 Å². The molecule has 0 radical (unpaired) electrons. The Bertz CT molecular complexity index is 702. The molecule has 0 spiro atoms. The van der Waals surface area contributed by atoms with Crippen molar-refractivity contribution in [3.05, 3.63) is 48.3 Å². The van der Waals surface area contributed by atoms with E-state index in [9.17, 15) is 0 Å². The van der Waals surface area contributed by atoms with Gasteiger partial charge in [0.05, 0.1) is 18.0 Å². The summed E-state index contributed by atoms with van der Waals surface area (Å²) in [7, 11) is 0. The van der Waals surface area contributed by atoms with E-state index in [0.717, 1.165) is 50.7 Å². The van der Waals surface area contributed by atoms with Gasteiger partial charge >= 0.3 is 0 Å². The van der Waals surface area contributed by atoms with Crippen LogP contribution < -0.4 is 10.6 Å². The number of ether oxygens (including phenoxy) is 1. The molecule has 1 unspecified atom stereocenters. The highest BCUT2D eigenvalue weighted by Gasteiger charge is 2.12. The average molecular weight is 513 g/mol. The number of nitrogens with one attached hydrogen (secondary N) is 2. The Morgan fingerprint density at radius 2 is 1.93 bits per heavy atom. The van der Waals surface area contributed by atoms with Crippen molar-refractivity contribution in [3.63, 3.8) is 0 Å². The largest absolute Gasteiger partial charge is 0.378 e. The fourth-order valence-corrected chi connectivity index (χ4v) is 3.00. The van der Waals surface area contributed by atoms with Gasteiger partial charge in [-0.2, -0.15) is 5.10 Å². The van der Waals surface area contributed by atoms with Crippen LogP contribution in [0.25, 0.3) is 5.69 Å². The van der Waals surface area contributed by atoms with Gasteiger partial charge in [-0.05, 0) is 50.3 Å². The van der Waals surface area contributed by atoms with Crippen molar-refractivity contribution >= 4 is 29.9 Å². The molecule has 2 aromatic rings. The van der Waals surface area contributed by atoms with Gasteiger partial charge in [0.15, 0.2) is 5.96 Å². The highest BCUT2D eigenvalue weighted by atomic mass is 127. The molecular formula is C22H36IN5O. The number of para-hydroxylation sites is 1. The average Bonchev–Trinajstić information content (AvgIpc) is 3.17. The summed E-state index contributed by atoms with van der Waals surface area (Å²) in [6.07, 6.45) is 6.10. The monoisotopic (exact) mass is 513 g/mol. The third-order valence-electron chi connectivity index (χ3n) is 4.51. The molecule has 0 saturated carbocycles. The van der Waals surface area contributed by atoms with Crippen molar-refractivity contribution in [1.82, 2.24) is 20.4 Å². The Morgan fingerprint density at radius 3 is 2.59 bits per heavy atom. The van der Waals surface area contributed by atoms with E-state index in [1.807, 2.05) is 36.0 Å². The molecule has 1 aromatic heterocycles. The maximum atomic E-state index is 5.80. The zero-order valence-corrected chi connectivity index (χ0v) is 20.4. The predicted octanol–water partition coefficient (Wildman–Crippen LogP) is 4.04. The molecule has 0 bridgehead atoms. The number of aliphatic imine (C=N–C) groups is 1. The molecule has 2 rings (SSSR count). The molecule has 6 nitrogen and oxygen atoms in total. The summed E-state index contributed by atoms with van der Waals surface area (Å²) in [4.78, 5) is 4.70. The van der Waals surface area contributed by atoms with Crippen molar-refractivity contribution < 1.29 is 4.74 Å². The topological polar surface area (TPSA) is 63.5 Å². The van der Waals surface area contributed by atoms with E-state index in [4.69, 9.17) is 9.73 Å². The molecule has 0 amide bonds. The molecule has 162 valence electrons. The van der Waals surface area contributed by atoms with Gasteiger partial charge in [0.1, 0.15) is 0 Å². The molecule has 1 aromatic carbocycles. The molecular weight excluding hydrogens is 477 g/mol. The lowest BCUT2D eigenvalue weighted by Crippen LogP contribution is -2.38. The van der Waals surface area contributed by atoms with Crippen molar-refractivity contribution in [3.8, 4) is 5.69 Å². The SMILES string of the molecule is CCNC(=NCCC(OCC)C(C)C)NCCc1cnn(-c2ccccc2)c1.I. The zero-order chi connectivity index (χ0) is 20.2. The minimum Gasteiger partial charge on any atom is -0.378 e. The number of halogens is 1. The molecule has 2 N–H and O–H groups in total. The standard InChI is InChI=1S/C22H35N5O.HI/c1-5-23-22(25-15-13-21(18(3)4)28-6-2)24-14-12-19-16-26-27(17-19)20-10-8-7-9-11-20;/h7-11,16-18,21H,5-6,12-15H2,1-4H3,(H2,23,24,25);1H. The molecule has 0 aliphatic carbocycles. The van der Waals surface area contributed by atoms with Crippen LogP contribution in [0.15, 0.2) is 47.7 Å². The molecule has 1 atom stereocenters. The molecule has 29 heavy (non-hydrogen) atoms. The van der Waals surface area contributed by atoms with Gasteiger partial charge < -0.3 is 15.4 Å². The quantitative estimate of drug-likeness (QED) is 0.271. The number of guanidine groups is 1. The molecule has 0 aliphatic heterocycles. The minimum atomic E-state index is 0. The van der Waals surface area contributed by atoms with Crippen LogP contribution >= 0.6 is 24.0 Å². The minimum absolute atomic E-state index is 0. The molecule has 0 fully saturated rings. The van der Waals surface area contributed by atoms with Gasteiger partial charge in [-0.25, -0.2) is 4.68 Å². The second-order valence-corrected chi connectivity index (χ2v) is 7.09. The van der Waals surface area contributed by atoms with Crippen LogP contribution in [-0.4, -0.2) is 48.1 Å². The maximum Gasteiger partial charge on any atom is 0.191 e. The first-order chi connectivity index (χ1) is 13.6. The Labute approximate surface area is 192 Å². The van der Waals surface area contributed by atoms with Gasteiger partial charge in [-0.3, -0.25) is 4.99 Å². The van der Waals surface area contributed by atoms with Gasteiger partial charge in [0.25, 0.3) is 0 Å². The third-order valence-corrected chi connectivity index (χ3v) is 4.51. The summed E-state index contributed by atoms with van der Waals surface area (Å²) >= 11 is 0. The van der Waals surface area contributed by atoms with E-state index in [1.54, 1.807) is 0 Å². The Balaban J connectivity index is 0.00000420. The van der Waals surface area contributed by atoms with Crippen molar-refractivity contribution in [2.24, 2.45) is 10.9 Å². The number of hydrogen-bond acceptors (Lipinski definition) is 3. The number of aromatic nitrogens is 2. The van der Waals surface area contributed by atoms with E-state index in [-0.39, 0.29) is 30.1 Å². The van der Waals surface area contributed by atoms with E-state index in [1.165, 1.54) is 5.56 Å². The second kappa shape index (κ2) is 14.4. The fourth-order valence-electron chi connectivity index (χ4n) is 3.00. The normalized spacial score (nSPS) is 12.5. The van der Waals surface area contributed by atoms with E-state index >= 15 is 0 Å². The lowest BCUT2D eigenvalue weighted by molar-refractivity contribution is 0.0266. The Kier molecular flexibility index (Phi) is 12.6. The lowest BCUT2D eigenvalue weighted by Gasteiger charge is -2.20. The number of benzene rings is 1. The smallest absolute Gasteiger partial charge is 0.191 e. The van der Waals surface area contributed by atoms with Crippen molar-refractivity contribution in [2.75, 3.05) is 26.2 Å². The van der Waals surface area contributed by atoms with Crippen LogP contribution in [0.3, 0.4) is 0 Å². The first kappa shape index (κ1) is 25.4. The van der Waals surface area contributed by atoms with E-state index < -0.39 is 0 Å². The molecule has 1 heterocycles. The highest BCUT2D eigenvalue weighted by Crippen LogP contribution is 2.11. The predicted molar refractivity (Wildman–Crippen MR) is 132 cm³/mol. The molecule has 0 saturated heterocycles. The first-order valence-corrected chi connectivity index (χ1v) is 10.4. The number of rotatable bonds is 11. The third kappa shape index (κ3) is 9.16. The van der Waals surface area contributed by atoms with Crippen LogP contribution in [0.2, 0.25) is 0 Å². The highest BCUT2D eigenvalue weighted by molar-refractivity contribution is 14.0. The van der Waals surface area contributed by atoms with Crippen LogP contribution in [0, 0.1) is 5.92 Å². The summed E-state index contributed by atoms with van der Waals surface area (Å²) in [5.41, 5.74) is 2.27. The molecule has 0 aliphatic rings. The Morgan fingerprint density at radius 1 is 1.17 bits per heavy atom. The molecule has 7 heteroatoms. The van der Waals surface area contributed by atoms with Gasteiger partial charge in [-0.15, -0.1) is 24.0 Å². The summed E-state index contributed by atoms with van der Waals surface area (Å²) in [6, 6.07) is 10.2. The summed E-state index contributed by atoms with van der Waals surface area (Å²) < 4.78 is 7.71. The summed E-state index contributed by atoms with van der Waals surface area (Å²) in [5.74, 6) is 1.36. The second-order valence-electron chi connectivity index (χ2n) is 7.09. The van der Waals surface area contributed by atoms with Gasteiger partial charge in [0, 0.05) is 32.4 Å². The Hall–Kier alpha value is -1.61. The van der Waals surface area contributed by atoms with Gasteiger partial charge in [-0.1, -0.05) is 32.0 Å². The van der Waals surface area contributed by atoms with Crippen LogP contribution in [-0.2, 0) is 11.2 Å². The first-order valence-electron chi connectivity index (χ1n) is 10.4. The fraction of sp³-hybridized carbons (Fsp3) is 0.545. The van der Waals surface area contributed by atoms with Crippen LogP contribution in [0.1, 0.15) is 39.7 Å². The number of nitrogens with zero attached hydrogens (tertiary/aromatic N) is 3. The van der Waals surface area contributed by atoms with Crippen LogP contribution in [0.5, 0.6) is 0 Å².